The third-order valence-electron chi connectivity index (χ3n) is 3.77. The first-order chi connectivity index (χ1) is 11.6. The lowest BCUT2D eigenvalue weighted by molar-refractivity contribution is -0.123. The molecule has 1 fully saturated rings. The molecule has 1 N–H and O–H groups in total. The van der Waals surface area contributed by atoms with Gasteiger partial charge in [0, 0.05) is 31.4 Å². The number of carbonyl (C=O) groups excluding carboxylic acids is 1. The summed E-state index contributed by atoms with van der Waals surface area (Å²) in [6, 6.07) is 2.93. The molecule has 0 bridgehead atoms. The molecule has 9 heteroatoms. The molecule has 1 amide bonds. The molecule has 1 aromatic heterocycles. The maximum Gasteiger partial charge on any atom is 0.244 e. The minimum Gasteiger partial charge on any atom is -0.350 e. The van der Waals surface area contributed by atoms with Crippen LogP contribution in [0.4, 0.5) is 0 Å². The van der Waals surface area contributed by atoms with Crippen molar-refractivity contribution in [2.24, 2.45) is 0 Å². The Bertz CT molecular complexity index is 701. The van der Waals surface area contributed by atoms with E-state index in [1.807, 2.05) is 25.7 Å². The summed E-state index contributed by atoms with van der Waals surface area (Å²) < 4.78 is 26.9. The molecule has 1 aromatic rings. The van der Waals surface area contributed by atoms with Crippen LogP contribution in [0.3, 0.4) is 0 Å². The molecule has 7 nitrogen and oxygen atoms in total. The number of nitrogens with zero attached hydrogens (tertiary/aromatic N) is 3. The molecule has 0 atom stereocenters. The first kappa shape index (κ1) is 20.1. The van der Waals surface area contributed by atoms with E-state index in [4.69, 9.17) is 11.6 Å². The molecule has 0 aliphatic carbocycles. The van der Waals surface area contributed by atoms with Crippen molar-refractivity contribution in [2.75, 3.05) is 32.7 Å². The van der Waals surface area contributed by atoms with E-state index in [9.17, 15) is 13.2 Å². The van der Waals surface area contributed by atoms with Crippen LogP contribution in [0.1, 0.15) is 27.2 Å². The van der Waals surface area contributed by atoms with Gasteiger partial charge in [-0.15, -0.1) is 0 Å². The van der Waals surface area contributed by atoms with Gasteiger partial charge in [0.05, 0.1) is 6.54 Å². The standard InChI is InChI=1S/C16H25ClN4O3S/c1-16(2,3)19-15(22)12-20-7-4-8-21(10-9-20)25(23,24)13-5-6-14(17)18-11-13/h5-6,11H,4,7-10,12H2,1-3H3,(H,19,22). The summed E-state index contributed by atoms with van der Waals surface area (Å²) in [6.07, 6.45) is 1.94. The van der Waals surface area contributed by atoms with Crippen molar-refractivity contribution in [1.82, 2.24) is 19.5 Å². The van der Waals surface area contributed by atoms with Gasteiger partial charge in [-0.1, -0.05) is 11.6 Å². The van der Waals surface area contributed by atoms with Crippen LogP contribution >= 0.6 is 11.6 Å². The summed E-state index contributed by atoms with van der Waals surface area (Å²) in [4.78, 5) is 18.0. The fourth-order valence-electron chi connectivity index (χ4n) is 2.67. The Morgan fingerprint density at radius 3 is 2.56 bits per heavy atom. The van der Waals surface area contributed by atoms with Gasteiger partial charge in [-0.3, -0.25) is 9.69 Å². The highest BCUT2D eigenvalue weighted by atomic mass is 35.5. The Balaban J connectivity index is 1.99. The molecule has 0 saturated carbocycles. The molecule has 1 aliphatic heterocycles. The highest BCUT2D eigenvalue weighted by molar-refractivity contribution is 7.89. The van der Waals surface area contributed by atoms with Crippen LogP contribution in [0.5, 0.6) is 0 Å². The molecular formula is C16H25ClN4O3S. The topological polar surface area (TPSA) is 82.6 Å². The van der Waals surface area contributed by atoms with E-state index in [1.165, 1.54) is 22.6 Å². The zero-order chi connectivity index (χ0) is 18.7. The van der Waals surface area contributed by atoms with E-state index in [2.05, 4.69) is 10.3 Å². The van der Waals surface area contributed by atoms with Crippen molar-refractivity contribution < 1.29 is 13.2 Å². The second kappa shape index (κ2) is 7.99. The zero-order valence-electron chi connectivity index (χ0n) is 14.8. The second-order valence-electron chi connectivity index (χ2n) is 7.15. The first-order valence-corrected chi connectivity index (χ1v) is 10.0. The van der Waals surface area contributed by atoms with Gasteiger partial charge in [0.1, 0.15) is 10.0 Å². The lowest BCUT2D eigenvalue weighted by atomic mass is 10.1. The van der Waals surface area contributed by atoms with Gasteiger partial charge in [0.15, 0.2) is 0 Å². The number of pyridine rings is 1. The van der Waals surface area contributed by atoms with Crippen molar-refractivity contribution >= 4 is 27.5 Å². The maximum atomic E-state index is 12.7. The van der Waals surface area contributed by atoms with E-state index in [0.29, 0.717) is 32.6 Å². The number of carbonyl (C=O) groups is 1. The van der Waals surface area contributed by atoms with Gasteiger partial charge in [0.2, 0.25) is 15.9 Å². The quantitative estimate of drug-likeness (QED) is 0.787. The normalized spacial score (nSPS) is 17.9. The Labute approximate surface area is 154 Å². The third kappa shape index (κ3) is 5.91. The first-order valence-electron chi connectivity index (χ1n) is 8.23. The third-order valence-corrected chi connectivity index (χ3v) is 5.87. The molecule has 2 rings (SSSR count). The zero-order valence-corrected chi connectivity index (χ0v) is 16.4. The number of nitrogens with one attached hydrogen (secondary N) is 1. The number of amides is 1. The molecule has 2 heterocycles. The number of hydrogen-bond donors (Lipinski definition) is 1. The van der Waals surface area contributed by atoms with Gasteiger partial charge >= 0.3 is 0 Å². The van der Waals surface area contributed by atoms with E-state index in [-0.39, 0.29) is 28.0 Å². The smallest absolute Gasteiger partial charge is 0.244 e. The summed E-state index contributed by atoms with van der Waals surface area (Å²) in [7, 11) is -3.60. The number of rotatable bonds is 4. The van der Waals surface area contributed by atoms with Crippen LogP contribution < -0.4 is 5.32 Å². The molecule has 25 heavy (non-hydrogen) atoms. The predicted octanol–water partition coefficient (Wildman–Crippen LogP) is 1.35. The molecular weight excluding hydrogens is 364 g/mol. The van der Waals surface area contributed by atoms with Gasteiger partial charge in [-0.2, -0.15) is 4.31 Å². The number of halogens is 1. The summed E-state index contributed by atoms with van der Waals surface area (Å²) >= 11 is 5.72. The predicted molar refractivity (Wildman–Crippen MR) is 97.0 cm³/mol. The van der Waals surface area contributed by atoms with Crippen molar-refractivity contribution in [1.29, 1.82) is 0 Å². The maximum absolute atomic E-state index is 12.7. The molecule has 0 unspecified atom stereocenters. The van der Waals surface area contributed by atoms with Gasteiger partial charge < -0.3 is 5.32 Å². The molecule has 0 spiro atoms. The van der Waals surface area contributed by atoms with Crippen LogP contribution in [0.2, 0.25) is 5.15 Å². The lowest BCUT2D eigenvalue weighted by Crippen LogP contribution is -2.46. The van der Waals surface area contributed by atoms with Crippen molar-refractivity contribution in [3.8, 4) is 0 Å². The summed E-state index contributed by atoms with van der Waals surface area (Å²) in [5, 5.41) is 3.18. The average molecular weight is 389 g/mol. The molecule has 0 radical (unpaired) electrons. The van der Waals surface area contributed by atoms with Gasteiger partial charge in [-0.05, 0) is 45.9 Å². The summed E-state index contributed by atoms with van der Waals surface area (Å²) in [5.74, 6) is -0.0503. The average Bonchev–Trinajstić information content (AvgIpc) is 2.71. The number of aromatic nitrogens is 1. The SMILES string of the molecule is CC(C)(C)NC(=O)CN1CCCN(S(=O)(=O)c2ccc(Cl)nc2)CC1. The minimum atomic E-state index is -3.60. The molecule has 1 aliphatic rings. The Kier molecular flexibility index (Phi) is 6.42. The largest absolute Gasteiger partial charge is 0.350 e. The van der Waals surface area contributed by atoms with Gasteiger partial charge in [-0.25, -0.2) is 13.4 Å². The molecule has 0 aromatic carbocycles. The van der Waals surface area contributed by atoms with Crippen molar-refractivity contribution in [2.45, 2.75) is 37.6 Å². The Morgan fingerprint density at radius 1 is 1.24 bits per heavy atom. The van der Waals surface area contributed by atoms with Crippen LogP contribution in [-0.2, 0) is 14.8 Å². The van der Waals surface area contributed by atoms with Crippen molar-refractivity contribution in [3.63, 3.8) is 0 Å². The van der Waals surface area contributed by atoms with E-state index >= 15 is 0 Å². The van der Waals surface area contributed by atoms with Crippen molar-refractivity contribution in [3.05, 3.63) is 23.5 Å². The molecule has 140 valence electrons. The second-order valence-corrected chi connectivity index (χ2v) is 9.47. The van der Waals surface area contributed by atoms with E-state index in [1.54, 1.807) is 0 Å². The van der Waals surface area contributed by atoms with E-state index in [0.717, 1.165) is 0 Å². The van der Waals surface area contributed by atoms with Gasteiger partial charge in [0.25, 0.3) is 0 Å². The van der Waals surface area contributed by atoms with Crippen LogP contribution in [0, 0.1) is 0 Å². The Morgan fingerprint density at radius 2 is 1.96 bits per heavy atom. The summed E-state index contributed by atoms with van der Waals surface area (Å²) in [5.41, 5.74) is -0.278. The number of sulfonamides is 1. The summed E-state index contributed by atoms with van der Waals surface area (Å²) in [6.45, 7) is 8.02. The van der Waals surface area contributed by atoms with E-state index < -0.39 is 10.0 Å². The number of hydrogen-bond acceptors (Lipinski definition) is 5. The highest BCUT2D eigenvalue weighted by Crippen LogP contribution is 2.18. The van der Waals surface area contributed by atoms with Crippen LogP contribution in [0.25, 0.3) is 0 Å². The fraction of sp³-hybridized carbons (Fsp3) is 0.625. The van der Waals surface area contributed by atoms with Crippen LogP contribution in [0.15, 0.2) is 23.2 Å². The fourth-order valence-corrected chi connectivity index (χ4v) is 4.20. The monoisotopic (exact) mass is 388 g/mol. The lowest BCUT2D eigenvalue weighted by Gasteiger charge is -2.25. The Hall–Kier alpha value is -1.22. The molecule has 1 saturated heterocycles. The highest BCUT2D eigenvalue weighted by Gasteiger charge is 2.28. The van der Waals surface area contributed by atoms with Crippen LogP contribution in [-0.4, -0.2) is 66.8 Å². The minimum absolute atomic E-state index is 0.0503.